The van der Waals surface area contributed by atoms with Crippen molar-refractivity contribution in [3.63, 3.8) is 0 Å². The molecule has 158 valence electrons. The number of methoxy groups -OCH3 is 1. The second kappa shape index (κ2) is 8.43. The topological polar surface area (TPSA) is 41.9 Å². The molecule has 1 aliphatic heterocycles. The fourth-order valence-corrected chi connectivity index (χ4v) is 5.21. The molecule has 4 nitrogen and oxygen atoms in total. The van der Waals surface area contributed by atoms with Gasteiger partial charge in [0.15, 0.2) is 5.84 Å². The molecule has 0 saturated heterocycles. The van der Waals surface area contributed by atoms with Gasteiger partial charge in [-0.25, -0.2) is 4.99 Å². The van der Waals surface area contributed by atoms with Crippen LogP contribution < -0.4 is 9.64 Å². The molecule has 2 heterocycles. The summed E-state index contributed by atoms with van der Waals surface area (Å²) in [5.74, 6) is 0.904. The van der Waals surface area contributed by atoms with E-state index in [0.717, 1.165) is 20.5 Å². The average Bonchev–Trinajstić information content (AvgIpc) is 3.32. The van der Waals surface area contributed by atoms with Gasteiger partial charge in [-0.2, -0.15) is 0 Å². The first-order chi connectivity index (χ1) is 15.6. The van der Waals surface area contributed by atoms with E-state index in [1.54, 1.807) is 42.4 Å². The Kier molecular flexibility index (Phi) is 5.47. The summed E-state index contributed by atoms with van der Waals surface area (Å²) in [7, 11) is 1.60. The summed E-state index contributed by atoms with van der Waals surface area (Å²) >= 11 is 14.3. The summed E-state index contributed by atoms with van der Waals surface area (Å²) in [5.41, 5.74) is 1.73. The quantitative estimate of drug-likeness (QED) is 0.294. The number of amidine groups is 1. The molecular formula is C25H16Cl2N2O2S. The minimum atomic E-state index is -0.248. The smallest absolute Gasteiger partial charge is 0.282 e. The van der Waals surface area contributed by atoms with Gasteiger partial charge in [0, 0.05) is 20.7 Å². The van der Waals surface area contributed by atoms with Gasteiger partial charge in [0.2, 0.25) is 0 Å². The van der Waals surface area contributed by atoms with Crippen LogP contribution in [0.25, 0.3) is 16.2 Å². The number of halogens is 2. The van der Waals surface area contributed by atoms with Crippen LogP contribution in [0.1, 0.15) is 10.4 Å². The zero-order valence-electron chi connectivity index (χ0n) is 16.9. The number of nitrogens with zero attached hydrogens (tertiary/aromatic N) is 2. The van der Waals surface area contributed by atoms with Crippen molar-refractivity contribution in [3.8, 4) is 5.75 Å². The van der Waals surface area contributed by atoms with E-state index >= 15 is 0 Å². The first-order valence-electron chi connectivity index (χ1n) is 9.77. The zero-order chi connectivity index (χ0) is 22.2. The normalized spacial score (nSPS) is 15.0. The fraction of sp³-hybridized carbons (Fsp3) is 0.0400. The minimum absolute atomic E-state index is 0.248. The van der Waals surface area contributed by atoms with Crippen LogP contribution in [0.2, 0.25) is 10.0 Å². The number of aliphatic imine (C=N–C) groups is 1. The van der Waals surface area contributed by atoms with E-state index in [4.69, 9.17) is 32.9 Å². The molecule has 1 amide bonds. The number of amides is 1. The molecule has 32 heavy (non-hydrogen) atoms. The predicted molar refractivity (Wildman–Crippen MR) is 133 cm³/mol. The number of carbonyl (C=O) groups is 1. The number of para-hydroxylation sites is 1. The number of hydrogen-bond acceptors (Lipinski definition) is 4. The highest BCUT2D eigenvalue weighted by Crippen LogP contribution is 2.39. The number of ether oxygens (including phenoxy) is 1. The van der Waals surface area contributed by atoms with E-state index in [1.165, 1.54) is 11.3 Å². The monoisotopic (exact) mass is 478 g/mol. The van der Waals surface area contributed by atoms with Crippen molar-refractivity contribution < 1.29 is 9.53 Å². The second-order valence-electron chi connectivity index (χ2n) is 7.07. The largest absolute Gasteiger partial charge is 0.496 e. The Labute approximate surface area is 199 Å². The molecular weight excluding hydrogens is 463 g/mol. The number of benzene rings is 3. The van der Waals surface area contributed by atoms with Gasteiger partial charge in [-0.15, -0.1) is 11.3 Å². The van der Waals surface area contributed by atoms with Crippen molar-refractivity contribution in [3.05, 3.63) is 99.0 Å². The van der Waals surface area contributed by atoms with Crippen LogP contribution in [-0.2, 0) is 4.79 Å². The summed E-state index contributed by atoms with van der Waals surface area (Å²) in [6.07, 6.45) is 1.73. The Morgan fingerprint density at radius 1 is 0.969 bits per heavy atom. The third-order valence-corrected chi connectivity index (χ3v) is 7.04. The lowest BCUT2D eigenvalue weighted by Gasteiger charge is -2.18. The summed E-state index contributed by atoms with van der Waals surface area (Å²) in [6, 6.07) is 22.4. The standard InChI is InChI=1S/C25H16Cl2N2O2S/c1-31-20-8-4-2-6-15(20)14-19-25(30)29(17-12-10-16(26)11-13-17)24(28-19)23-22(27)18-7-3-5-9-21(18)32-23/h2-14H,1H3/b19-14+. The van der Waals surface area contributed by atoms with Gasteiger partial charge >= 0.3 is 0 Å². The van der Waals surface area contributed by atoms with Crippen molar-refractivity contribution in [2.45, 2.75) is 0 Å². The molecule has 0 spiro atoms. The zero-order valence-corrected chi connectivity index (χ0v) is 19.2. The van der Waals surface area contributed by atoms with Crippen LogP contribution in [0.3, 0.4) is 0 Å². The highest BCUT2D eigenvalue weighted by atomic mass is 35.5. The molecule has 0 fully saturated rings. The molecule has 3 aromatic carbocycles. The maximum atomic E-state index is 13.5. The molecule has 0 N–H and O–H groups in total. The van der Waals surface area contributed by atoms with Gasteiger partial charge in [-0.1, -0.05) is 59.6 Å². The SMILES string of the molecule is COc1ccccc1/C=C1/N=C(c2sc3ccccc3c2Cl)N(c2ccc(Cl)cc2)C1=O. The van der Waals surface area contributed by atoms with Gasteiger partial charge in [0.05, 0.1) is 22.7 Å². The minimum Gasteiger partial charge on any atom is -0.496 e. The van der Waals surface area contributed by atoms with Crippen LogP contribution in [0.15, 0.2) is 83.5 Å². The van der Waals surface area contributed by atoms with E-state index in [0.29, 0.717) is 33.0 Å². The van der Waals surface area contributed by atoms with Crippen LogP contribution in [0.4, 0.5) is 5.69 Å². The van der Waals surface area contributed by atoms with E-state index in [1.807, 2.05) is 48.5 Å². The molecule has 7 heteroatoms. The molecule has 0 bridgehead atoms. The van der Waals surface area contributed by atoms with Crippen LogP contribution in [0, 0.1) is 0 Å². The Hall–Kier alpha value is -3.12. The van der Waals surface area contributed by atoms with Crippen LogP contribution in [0.5, 0.6) is 5.75 Å². The van der Waals surface area contributed by atoms with Gasteiger partial charge < -0.3 is 4.74 Å². The average molecular weight is 479 g/mol. The molecule has 0 unspecified atom stereocenters. The third-order valence-electron chi connectivity index (χ3n) is 5.11. The number of hydrogen-bond donors (Lipinski definition) is 0. The molecule has 1 aromatic heterocycles. The molecule has 0 radical (unpaired) electrons. The molecule has 5 rings (SSSR count). The van der Waals surface area contributed by atoms with E-state index in [9.17, 15) is 4.79 Å². The fourth-order valence-electron chi connectivity index (χ4n) is 3.59. The van der Waals surface area contributed by atoms with Gasteiger partial charge in [-0.3, -0.25) is 9.69 Å². The van der Waals surface area contributed by atoms with Gasteiger partial charge in [-0.05, 0) is 42.5 Å². The van der Waals surface area contributed by atoms with Crippen molar-refractivity contribution in [1.29, 1.82) is 0 Å². The number of anilines is 1. The van der Waals surface area contributed by atoms with Crippen LogP contribution >= 0.6 is 34.5 Å². The molecule has 0 atom stereocenters. The first-order valence-corrected chi connectivity index (χ1v) is 11.3. The van der Waals surface area contributed by atoms with Crippen LogP contribution in [-0.4, -0.2) is 18.9 Å². The maximum Gasteiger partial charge on any atom is 0.282 e. The van der Waals surface area contributed by atoms with Gasteiger partial charge in [0.1, 0.15) is 11.4 Å². The highest BCUT2D eigenvalue weighted by molar-refractivity contribution is 7.21. The Morgan fingerprint density at radius 2 is 1.69 bits per heavy atom. The number of thiophene rings is 1. The second-order valence-corrected chi connectivity index (χ2v) is 8.93. The molecule has 0 aliphatic carbocycles. The maximum absolute atomic E-state index is 13.5. The summed E-state index contributed by atoms with van der Waals surface area (Å²) < 4.78 is 6.46. The molecule has 1 aliphatic rings. The third kappa shape index (κ3) is 3.58. The Morgan fingerprint density at radius 3 is 2.44 bits per heavy atom. The Bertz CT molecular complexity index is 1410. The predicted octanol–water partition coefficient (Wildman–Crippen LogP) is 7.05. The Balaban J connectivity index is 1.70. The van der Waals surface area contributed by atoms with E-state index in [-0.39, 0.29) is 5.91 Å². The number of carbonyl (C=O) groups excluding carboxylic acids is 1. The molecule has 4 aromatic rings. The summed E-state index contributed by atoms with van der Waals surface area (Å²) in [5, 5.41) is 2.10. The van der Waals surface area contributed by atoms with E-state index in [2.05, 4.69) is 0 Å². The summed E-state index contributed by atoms with van der Waals surface area (Å²) in [6.45, 7) is 0. The molecule has 0 saturated carbocycles. The van der Waals surface area contributed by atoms with Gasteiger partial charge in [0.25, 0.3) is 5.91 Å². The summed E-state index contributed by atoms with van der Waals surface area (Å²) in [4.78, 5) is 20.6. The number of rotatable bonds is 4. The highest BCUT2D eigenvalue weighted by Gasteiger charge is 2.35. The van der Waals surface area contributed by atoms with Crippen molar-refractivity contribution in [2.24, 2.45) is 4.99 Å². The van der Waals surface area contributed by atoms with E-state index < -0.39 is 0 Å². The van der Waals surface area contributed by atoms with Crippen molar-refractivity contribution in [2.75, 3.05) is 12.0 Å². The van der Waals surface area contributed by atoms with Crippen molar-refractivity contribution in [1.82, 2.24) is 0 Å². The van der Waals surface area contributed by atoms with Crippen molar-refractivity contribution >= 4 is 68.1 Å². The number of fused-ring (bicyclic) bond motifs is 1. The lowest BCUT2D eigenvalue weighted by molar-refractivity contribution is -0.113. The lowest BCUT2D eigenvalue weighted by atomic mass is 10.1. The lowest BCUT2D eigenvalue weighted by Crippen LogP contribution is -2.32. The first kappa shape index (κ1) is 20.8.